The number of rotatable bonds is 2. The molecule has 0 amide bonds. The van der Waals surface area contributed by atoms with Gasteiger partial charge in [-0.05, 0) is 19.8 Å². The van der Waals surface area contributed by atoms with Gasteiger partial charge in [0.05, 0.1) is 12.7 Å². The van der Waals surface area contributed by atoms with E-state index >= 15 is 0 Å². The van der Waals surface area contributed by atoms with Crippen molar-refractivity contribution in [3.05, 3.63) is 0 Å². The van der Waals surface area contributed by atoms with Gasteiger partial charge in [-0.1, -0.05) is 0 Å². The van der Waals surface area contributed by atoms with Gasteiger partial charge in [-0.25, -0.2) is 0 Å². The zero-order valence-corrected chi connectivity index (χ0v) is 9.46. The van der Waals surface area contributed by atoms with Crippen molar-refractivity contribution in [1.82, 2.24) is 0 Å². The largest absolute Gasteiger partial charge is 0.380 e. The first kappa shape index (κ1) is 10.7. The Morgan fingerprint density at radius 3 is 2.71 bits per heavy atom. The second-order valence-electron chi connectivity index (χ2n) is 4.11. The van der Waals surface area contributed by atoms with Gasteiger partial charge in [-0.2, -0.15) is 0 Å². The van der Waals surface area contributed by atoms with E-state index in [1.807, 2.05) is 11.8 Å². The van der Waals surface area contributed by atoms with E-state index in [4.69, 9.17) is 15.2 Å². The predicted octanol–water partition coefficient (Wildman–Crippen LogP) is 1.01. The Morgan fingerprint density at radius 2 is 2.07 bits per heavy atom. The lowest BCUT2D eigenvalue weighted by Crippen LogP contribution is -2.42. The van der Waals surface area contributed by atoms with Gasteiger partial charge < -0.3 is 15.2 Å². The van der Waals surface area contributed by atoms with E-state index in [-0.39, 0.29) is 0 Å². The Morgan fingerprint density at radius 1 is 1.21 bits per heavy atom. The lowest BCUT2D eigenvalue weighted by atomic mass is 10.1. The lowest BCUT2D eigenvalue weighted by molar-refractivity contribution is 0.0910. The molecule has 4 unspecified atom stereocenters. The minimum Gasteiger partial charge on any atom is -0.380 e. The van der Waals surface area contributed by atoms with Crippen LogP contribution in [0.2, 0.25) is 0 Å². The quantitative estimate of drug-likeness (QED) is 0.750. The normalized spacial score (nSPS) is 44.1. The third kappa shape index (κ3) is 2.42. The highest BCUT2D eigenvalue weighted by molar-refractivity contribution is 8.00. The SMILES string of the molecule is CC1OCCC1SC1COCCC1N. The second kappa shape index (κ2) is 4.84. The summed E-state index contributed by atoms with van der Waals surface area (Å²) < 4.78 is 11.0. The molecule has 2 N–H and O–H groups in total. The van der Waals surface area contributed by atoms with Crippen LogP contribution in [-0.2, 0) is 9.47 Å². The summed E-state index contributed by atoms with van der Waals surface area (Å²) in [7, 11) is 0. The molecule has 0 aliphatic carbocycles. The van der Waals surface area contributed by atoms with Crippen LogP contribution in [0.1, 0.15) is 19.8 Å². The monoisotopic (exact) mass is 217 g/mol. The molecule has 4 atom stereocenters. The van der Waals surface area contributed by atoms with Crippen LogP contribution < -0.4 is 5.73 Å². The van der Waals surface area contributed by atoms with E-state index in [1.54, 1.807) is 0 Å². The molecule has 4 heteroatoms. The fourth-order valence-electron chi connectivity index (χ4n) is 1.98. The molecule has 2 heterocycles. The highest BCUT2D eigenvalue weighted by Gasteiger charge is 2.31. The van der Waals surface area contributed by atoms with E-state index in [9.17, 15) is 0 Å². The van der Waals surface area contributed by atoms with Crippen LogP contribution in [0.25, 0.3) is 0 Å². The van der Waals surface area contributed by atoms with Crippen molar-refractivity contribution in [2.75, 3.05) is 19.8 Å². The molecule has 3 nitrogen and oxygen atoms in total. The summed E-state index contributed by atoms with van der Waals surface area (Å²) in [6, 6.07) is 0.307. The summed E-state index contributed by atoms with van der Waals surface area (Å²) in [5.41, 5.74) is 6.06. The summed E-state index contributed by atoms with van der Waals surface area (Å²) in [4.78, 5) is 0. The highest BCUT2D eigenvalue weighted by Crippen LogP contribution is 2.32. The molecule has 0 saturated carbocycles. The summed E-state index contributed by atoms with van der Waals surface area (Å²) in [5.74, 6) is 0. The number of nitrogens with two attached hydrogens (primary N) is 1. The van der Waals surface area contributed by atoms with Crippen LogP contribution in [0.15, 0.2) is 0 Å². The van der Waals surface area contributed by atoms with Crippen molar-refractivity contribution in [2.24, 2.45) is 5.73 Å². The number of ether oxygens (including phenoxy) is 2. The molecule has 2 saturated heterocycles. The summed E-state index contributed by atoms with van der Waals surface area (Å²) in [6.45, 7) is 4.70. The van der Waals surface area contributed by atoms with Crippen molar-refractivity contribution < 1.29 is 9.47 Å². The first-order valence-electron chi connectivity index (χ1n) is 5.38. The number of hydrogen-bond donors (Lipinski definition) is 1. The Hall–Kier alpha value is 0.230. The van der Waals surface area contributed by atoms with Crippen LogP contribution >= 0.6 is 11.8 Å². The van der Waals surface area contributed by atoms with E-state index in [0.717, 1.165) is 32.7 Å². The molecule has 0 radical (unpaired) electrons. The lowest BCUT2D eigenvalue weighted by Gasteiger charge is -2.30. The van der Waals surface area contributed by atoms with E-state index < -0.39 is 0 Å². The standard InChI is InChI=1S/C10H19NO2S/c1-7-9(3-5-13-7)14-10-6-12-4-2-8(10)11/h7-10H,2-6,11H2,1H3. The van der Waals surface area contributed by atoms with Gasteiger partial charge in [0, 0.05) is 29.8 Å². The topological polar surface area (TPSA) is 44.5 Å². The van der Waals surface area contributed by atoms with Gasteiger partial charge in [0.2, 0.25) is 0 Å². The Labute approximate surface area is 89.7 Å². The fraction of sp³-hybridized carbons (Fsp3) is 1.00. The molecule has 0 bridgehead atoms. The van der Waals surface area contributed by atoms with Crippen LogP contribution in [0.4, 0.5) is 0 Å². The predicted molar refractivity (Wildman–Crippen MR) is 58.6 cm³/mol. The third-order valence-corrected chi connectivity index (χ3v) is 4.82. The molecule has 2 rings (SSSR count). The van der Waals surface area contributed by atoms with Gasteiger partial charge in [0.25, 0.3) is 0 Å². The average Bonchev–Trinajstić information content (AvgIpc) is 2.56. The van der Waals surface area contributed by atoms with Crippen LogP contribution in [0.3, 0.4) is 0 Å². The molecule has 14 heavy (non-hydrogen) atoms. The Balaban J connectivity index is 1.83. The maximum Gasteiger partial charge on any atom is 0.0666 e. The maximum absolute atomic E-state index is 6.06. The van der Waals surface area contributed by atoms with Crippen LogP contribution in [0, 0.1) is 0 Å². The minimum absolute atomic E-state index is 0.307. The second-order valence-corrected chi connectivity index (χ2v) is 5.59. The smallest absolute Gasteiger partial charge is 0.0666 e. The van der Waals surface area contributed by atoms with Gasteiger partial charge >= 0.3 is 0 Å². The van der Waals surface area contributed by atoms with Crippen LogP contribution in [-0.4, -0.2) is 42.5 Å². The van der Waals surface area contributed by atoms with Gasteiger partial charge in [0.15, 0.2) is 0 Å². The van der Waals surface area contributed by atoms with Crippen molar-refractivity contribution >= 4 is 11.8 Å². The molecular formula is C10H19NO2S. The Bertz CT molecular complexity index is 191. The summed E-state index contributed by atoms with van der Waals surface area (Å²) in [5, 5.41) is 1.09. The number of thioether (sulfide) groups is 1. The molecule has 0 aromatic heterocycles. The average molecular weight is 217 g/mol. The molecule has 0 aromatic rings. The van der Waals surface area contributed by atoms with Crippen molar-refractivity contribution in [3.8, 4) is 0 Å². The summed E-state index contributed by atoms with van der Waals surface area (Å²) in [6.07, 6.45) is 2.54. The Kier molecular flexibility index (Phi) is 3.71. The summed E-state index contributed by atoms with van der Waals surface area (Å²) >= 11 is 1.97. The first-order chi connectivity index (χ1) is 6.77. The fourth-order valence-corrected chi connectivity index (χ4v) is 3.48. The van der Waals surface area contributed by atoms with E-state index in [1.165, 1.54) is 0 Å². The van der Waals surface area contributed by atoms with Gasteiger partial charge in [-0.3, -0.25) is 0 Å². The van der Waals surface area contributed by atoms with E-state index in [0.29, 0.717) is 22.6 Å². The molecule has 2 fully saturated rings. The molecule has 0 spiro atoms. The zero-order valence-electron chi connectivity index (χ0n) is 8.65. The third-order valence-electron chi connectivity index (χ3n) is 3.01. The molecule has 82 valence electrons. The number of hydrogen-bond acceptors (Lipinski definition) is 4. The van der Waals surface area contributed by atoms with E-state index in [2.05, 4.69) is 6.92 Å². The van der Waals surface area contributed by atoms with Crippen molar-refractivity contribution in [2.45, 2.75) is 42.4 Å². The molecule has 2 aliphatic heterocycles. The van der Waals surface area contributed by atoms with Crippen molar-refractivity contribution in [3.63, 3.8) is 0 Å². The minimum atomic E-state index is 0.307. The van der Waals surface area contributed by atoms with Crippen LogP contribution in [0.5, 0.6) is 0 Å². The van der Waals surface area contributed by atoms with Gasteiger partial charge in [-0.15, -0.1) is 11.8 Å². The maximum atomic E-state index is 6.06. The highest BCUT2D eigenvalue weighted by atomic mass is 32.2. The first-order valence-corrected chi connectivity index (χ1v) is 6.32. The van der Waals surface area contributed by atoms with Gasteiger partial charge in [0.1, 0.15) is 0 Å². The zero-order chi connectivity index (χ0) is 9.97. The molecule has 0 aromatic carbocycles. The molecular weight excluding hydrogens is 198 g/mol. The molecule has 2 aliphatic rings. The van der Waals surface area contributed by atoms with Crippen molar-refractivity contribution in [1.29, 1.82) is 0 Å².